The topological polar surface area (TPSA) is 58.2 Å². The first-order valence-electron chi connectivity index (χ1n) is 5.87. The molecule has 2 aliphatic heterocycles. The smallest absolute Gasteiger partial charge is 0.246 e. The molecule has 0 saturated carbocycles. The van der Waals surface area contributed by atoms with E-state index in [1.807, 2.05) is 30.3 Å². The maximum Gasteiger partial charge on any atom is 0.246 e. The first-order valence-corrected chi connectivity index (χ1v) is 5.87. The second-order valence-electron chi connectivity index (χ2n) is 4.69. The molecule has 2 fully saturated rings. The fraction of sp³-hybridized carbons (Fsp3) is 0.385. The van der Waals surface area contributed by atoms with Crippen LogP contribution < -0.4 is 10.6 Å². The van der Waals surface area contributed by atoms with E-state index in [0.717, 1.165) is 5.56 Å². The average molecular weight is 230 g/mol. The van der Waals surface area contributed by atoms with Crippen LogP contribution in [0, 0.1) is 0 Å². The van der Waals surface area contributed by atoms with E-state index in [1.54, 1.807) is 0 Å². The van der Waals surface area contributed by atoms with E-state index >= 15 is 0 Å². The predicted octanol–water partition coefficient (Wildman–Crippen LogP) is 0.549. The molecule has 2 heterocycles. The van der Waals surface area contributed by atoms with Crippen molar-refractivity contribution in [3.8, 4) is 0 Å². The van der Waals surface area contributed by atoms with Gasteiger partial charge in [-0.1, -0.05) is 30.3 Å². The van der Waals surface area contributed by atoms with E-state index < -0.39 is 5.54 Å². The predicted molar refractivity (Wildman–Crippen MR) is 62.3 cm³/mol. The van der Waals surface area contributed by atoms with Gasteiger partial charge in [0.05, 0.1) is 0 Å². The van der Waals surface area contributed by atoms with Crippen molar-refractivity contribution in [2.24, 2.45) is 0 Å². The maximum atomic E-state index is 12.0. The van der Waals surface area contributed by atoms with E-state index in [-0.39, 0.29) is 17.7 Å². The number of nitrogens with one attached hydrogen (secondary N) is 2. The van der Waals surface area contributed by atoms with E-state index in [4.69, 9.17) is 0 Å². The van der Waals surface area contributed by atoms with E-state index in [1.165, 1.54) is 0 Å². The Morgan fingerprint density at radius 1 is 1.18 bits per heavy atom. The Bertz CT molecular complexity index is 472. The molecule has 4 heteroatoms. The fourth-order valence-corrected chi connectivity index (χ4v) is 2.89. The molecule has 0 bridgehead atoms. The molecule has 0 aliphatic carbocycles. The molecule has 2 aliphatic rings. The quantitative estimate of drug-likeness (QED) is 0.740. The highest BCUT2D eigenvalue weighted by Crippen LogP contribution is 2.38. The van der Waals surface area contributed by atoms with Crippen LogP contribution >= 0.6 is 0 Å². The molecule has 2 saturated heterocycles. The molecular formula is C13H14N2O2. The third-order valence-electron chi connectivity index (χ3n) is 3.78. The summed E-state index contributed by atoms with van der Waals surface area (Å²) in [6.45, 7) is 0.600. The van der Waals surface area contributed by atoms with Gasteiger partial charge < -0.3 is 10.6 Å². The lowest BCUT2D eigenvalue weighted by Crippen LogP contribution is -2.51. The normalized spacial score (nSPS) is 31.6. The summed E-state index contributed by atoms with van der Waals surface area (Å²) in [6, 6.07) is 9.90. The largest absolute Gasteiger partial charge is 0.353 e. The number of carbonyl (C=O) groups excluding carboxylic acids is 2. The molecule has 1 aromatic carbocycles. The number of hydrogen-bond donors (Lipinski definition) is 2. The van der Waals surface area contributed by atoms with Gasteiger partial charge in [-0.05, 0) is 12.0 Å². The van der Waals surface area contributed by atoms with Crippen LogP contribution in [-0.4, -0.2) is 23.9 Å². The zero-order valence-electron chi connectivity index (χ0n) is 9.40. The molecule has 17 heavy (non-hydrogen) atoms. The van der Waals surface area contributed by atoms with E-state index in [0.29, 0.717) is 19.4 Å². The van der Waals surface area contributed by atoms with Crippen LogP contribution in [0.15, 0.2) is 30.3 Å². The zero-order valence-corrected chi connectivity index (χ0v) is 9.40. The molecule has 2 amide bonds. The molecule has 1 aromatic rings. The Morgan fingerprint density at radius 2 is 1.94 bits per heavy atom. The minimum Gasteiger partial charge on any atom is -0.353 e. The lowest BCUT2D eigenvalue weighted by Gasteiger charge is -2.27. The summed E-state index contributed by atoms with van der Waals surface area (Å²) in [5.74, 6) is -0.0252. The van der Waals surface area contributed by atoms with Crippen molar-refractivity contribution in [1.82, 2.24) is 10.6 Å². The molecule has 3 rings (SSSR count). The lowest BCUT2D eigenvalue weighted by molar-refractivity contribution is -0.127. The summed E-state index contributed by atoms with van der Waals surface area (Å²) >= 11 is 0. The Labute approximate surface area is 99.4 Å². The van der Waals surface area contributed by atoms with E-state index in [9.17, 15) is 9.59 Å². The highest BCUT2D eigenvalue weighted by Gasteiger charge is 2.54. The number of benzene rings is 1. The van der Waals surface area contributed by atoms with Crippen LogP contribution in [-0.2, 0) is 9.59 Å². The zero-order chi connectivity index (χ0) is 11.9. The number of amides is 2. The Hall–Kier alpha value is -1.84. The highest BCUT2D eigenvalue weighted by atomic mass is 16.2. The number of carbonyl (C=O) groups is 2. The van der Waals surface area contributed by atoms with Crippen molar-refractivity contribution in [2.45, 2.75) is 24.3 Å². The molecule has 88 valence electrons. The van der Waals surface area contributed by atoms with Gasteiger partial charge in [0.15, 0.2) is 0 Å². The third-order valence-corrected chi connectivity index (χ3v) is 3.78. The standard InChI is InChI=1S/C13H14N2O2/c16-11-6-7-13(15-11)10(8-14-12(13)17)9-4-2-1-3-5-9/h1-5,10H,6-8H2,(H,14,17)(H,15,16). The van der Waals surface area contributed by atoms with Gasteiger partial charge in [-0.25, -0.2) is 0 Å². The van der Waals surface area contributed by atoms with Crippen molar-refractivity contribution in [2.75, 3.05) is 6.54 Å². The second-order valence-corrected chi connectivity index (χ2v) is 4.69. The van der Waals surface area contributed by atoms with Crippen molar-refractivity contribution >= 4 is 11.8 Å². The van der Waals surface area contributed by atoms with Gasteiger partial charge in [-0.3, -0.25) is 9.59 Å². The Kier molecular flexibility index (Phi) is 2.18. The van der Waals surface area contributed by atoms with Crippen LogP contribution in [0.25, 0.3) is 0 Å². The van der Waals surface area contributed by atoms with Crippen LogP contribution in [0.3, 0.4) is 0 Å². The summed E-state index contributed by atoms with van der Waals surface area (Å²) in [4.78, 5) is 23.4. The molecule has 2 unspecified atom stereocenters. The highest BCUT2D eigenvalue weighted by molar-refractivity contribution is 5.97. The summed E-state index contributed by atoms with van der Waals surface area (Å²) in [7, 11) is 0. The third kappa shape index (κ3) is 1.44. The molecule has 0 aromatic heterocycles. The average Bonchev–Trinajstić information content (AvgIpc) is 2.87. The molecule has 2 atom stereocenters. The number of hydrogen-bond acceptors (Lipinski definition) is 2. The van der Waals surface area contributed by atoms with Gasteiger partial charge in [0, 0.05) is 18.9 Å². The first kappa shape index (κ1) is 10.3. The maximum absolute atomic E-state index is 12.0. The Balaban J connectivity index is 2.00. The van der Waals surface area contributed by atoms with Gasteiger partial charge in [-0.2, -0.15) is 0 Å². The van der Waals surface area contributed by atoms with Crippen LogP contribution in [0.2, 0.25) is 0 Å². The molecule has 2 N–H and O–H groups in total. The van der Waals surface area contributed by atoms with Gasteiger partial charge in [-0.15, -0.1) is 0 Å². The minimum atomic E-state index is -0.710. The van der Waals surface area contributed by atoms with Crippen LogP contribution in [0.4, 0.5) is 0 Å². The van der Waals surface area contributed by atoms with Gasteiger partial charge in [0.25, 0.3) is 0 Å². The fourth-order valence-electron chi connectivity index (χ4n) is 2.89. The molecule has 0 radical (unpaired) electrons. The molecular weight excluding hydrogens is 216 g/mol. The number of rotatable bonds is 1. The van der Waals surface area contributed by atoms with Crippen LogP contribution in [0.1, 0.15) is 24.3 Å². The van der Waals surface area contributed by atoms with Gasteiger partial charge in [0.1, 0.15) is 5.54 Å². The first-order chi connectivity index (χ1) is 8.22. The monoisotopic (exact) mass is 230 g/mol. The van der Waals surface area contributed by atoms with Crippen molar-refractivity contribution < 1.29 is 9.59 Å². The van der Waals surface area contributed by atoms with Crippen molar-refractivity contribution in [3.05, 3.63) is 35.9 Å². The van der Waals surface area contributed by atoms with Gasteiger partial charge in [0.2, 0.25) is 11.8 Å². The van der Waals surface area contributed by atoms with Crippen molar-refractivity contribution in [3.63, 3.8) is 0 Å². The summed E-state index contributed by atoms with van der Waals surface area (Å²) < 4.78 is 0. The Morgan fingerprint density at radius 3 is 2.59 bits per heavy atom. The summed E-state index contributed by atoms with van der Waals surface area (Å²) in [5.41, 5.74) is 0.395. The minimum absolute atomic E-state index is 0.0250. The SMILES string of the molecule is O=C1CCC2(N1)C(=O)NCC2c1ccccc1. The lowest BCUT2D eigenvalue weighted by atomic mass is 9.80. The van der Waals surface area contributed by atoms with E-state index in [2.05, 4.69) is 10.6 Å². The van der Waals surface area contributed by atoms with Gasteiger partial charge >= 0.3 is 0 Å². The summed E-state index contributed by atoms with van der Waals surface area (Å²) in [5, 5.41) is 5.74. The molecule has 4 nitrogen and oxygen atoms in total. The second kappa shape index (κ2) is 3.58. The van der Waals surface area contributed by atoms with Crippen molar-refractivity contribution in [1.29, 1.82) is 0 Å². The molecule has 1 spiro atoms. The van der Waals surface area contributed by atoms with Crippen LogP contribution in [0.5, 0.6) is 0 Å². The summed E-state index contributed by atoms with van der Waals surface area (Å²) in [6.07, 6.45) is 1.04.